The molecule has 0 aliphatic heterocycles. The highest BCUT2D eigenvalue weighted by molar-refractivity contribution is 7.98. The number of benzene rings is 1. The largest absolute Gasteiger partial charge is 0.337 e. The minimum Gasteiger partial charge on any atom is -0.337 e. The third kappa shape index (κ3) is 5.45. The van der Waals surface area contributed by atoms with Crippen molar-refractivity contribution in [2.24, 2.45) is 0 Å². The van der Waals surface area contributed by atoms with Crippen LogP contribution in [0.5, 0.6) is 0 Å². The highest BCUT2D eigenvalue weighted by atomic mass is 32.2. The molecule has 0 radical (unpaired) electrons. The van der Waals surface area contributed by atoms with E-state index in [1.54, 1.807) is 0 Å². The van der Waals surface area contributed by atoms with Crippen LogP contribution in [-0.4, -0.2) is 12.6 Å². The summed E-state index contributed by atoms with van der Waals surface area (Å²) in [6, 6.07) is 8.15. The van der Waals surface area contributed by atoms with Gasteiger partial charge in [-0.3, -0.25) is 4.72 Å². The van der Waals surface area contributed by atoms with Gasteiger partial charge in [0, 0.05) is 11.4 Å². The molecule has 0 saturated carbocycles. The van der Waals surface area contributed by atoms with Crippen LogP contribution in [-0.2, 0) is 0 Å². The first-order valence-corrected chi connectivity index (χ1v) is 7.25. The summed E-state index contributed by atoms with van der Waals surface area (Å²) in [5.74, 6) is 0.536. The first kappa shape index (κ1) is 14.9. The van der Waals surface area contributed by atoms with Crippen molar-refractivity contribution in [3.8, 4) is 0 Å². The lowest BCUT2D eigenvalue weighted by molar-refractivity contribution is 0.246. The minimum absolute atomic E-state index is 0.124. The van der Waals surface area contributed by atoms with E-state index < -0.39 is 0 Å². The predicted octanol–water partition coefficient (Wildman–Crippen LogP) is 3.92. The van der Waals surface area contributed by atoms with Gasteiger partial charge in [0.05, 0.1) is 0 Å². The Bertz CT molecular complexity index is 363. The fourth-order valence-electron chi connectivity index (χ4n) is 1.44. The lowest BCUT2D eigenvalue weighted by Gasteiger charge is -2.08. The maximum atomic E-state index is 11.4. The molecule has 1 aromatic carbocycles. The van der Waals surface area contributed by atoms with Gasteiger partial charge < -0.3 is 5.32 Å². The van der Waals surface area contributed by atoms with E-state index in [1.807, 2.05) is 12.1 Å². The quantitative estimate of drug-likeness (QED) is 0.605. The van der Waals surface area contributed by atoms with Gasteiger partial charge in [-0.05, 0) is 42.0 Å². The van der Waals surface area contributed by atoms with Gasteiger partial charge in [0.15, 0.2) is 0 Å². The summed E-state index contributed by atoms with van der Waals surface area (Å²) in [6.45, 7) is 7.17. The Morgan fingerprint density at radius 1 is 1.28 bits per heavy atom. The van der Waals surface area contributed by atoms with Crippen molar-refractivity contribution in [3.05, 3.63) is 29.8 Å². The van der Waals surface area contributed by atoms with Gasteiger partial charge >= 0.3 is 6.03 Å². The first-order valence-electron chi connectivity index (χ1n) is 6.44. The Morgan fingerprint density at radius 2 is 1.94 bits per heavy atom. The second kappa shape index (κ2) is 8.03. The van der Waals surface area contributed by atoms with Crippen molar-refractivity contribution in [3.63, 3.8) is 0 Å². The van der Waals surface area contributed by atoms with E-state index in [9.17, 15) is 4.79 Å². The second-order valence-corrected chi connectivity index (χ2v) is 5.42. The summed E-state index contributed by atoms with van der Waals surface area (Å²) in [4.78, 5) is 12.5. The predicted molar refractivity (Wildman–Crippen MR) is 77.8 cm³/mol. The van der Waals surface area contributed by atoms with Gasteiger partial charge in [0.1, 0.15) is 0 Å². The van der Waals surface area contributed by atoms with Gasteiger partial charge in [-0.25, -0.2) is 4.79 Å². The molecule has 0 spiro atoms. The maximum Gasteiger partial charge on any atom is 0.325 e. The van der Waals surface area contributed by atoms with Crippen LogP contribution in [0.1, 0.15) is 45.1 Å². The number of unbranched alkanes of at least 4 members (excludes halogenated alkanes) is 1. The highest BCUT2D eigenvalue weighted by Gasteiger charge is 2.02. The number of rotatable bonds is 6. The third-order valence-corrected chi connectivity index (χ3v) is 3.42. The Balaban J connectivity index is 2.32. The molecule has 0 aliphatic carbocycles. The van der Waals surface area contributed by atoms with Crippen LogP contribution in [0.15, 0.2) is 29.2 Å². The van der Waals surface area contributed by atoms with E-state index in [4.69, 9.17) is 0 Å². The summed E-state index contributed by atoms with van der Waals surface area (Å²) in [5.41, 5.74) is 1.31. The van der Waals surface area contributed by atoms with Gasteiger partial charge in [0.25, 0.3) is 0 Å². The van der Waals surface area contributed by atoms with Crippen LogP contribution in [0, 0.1) is 0 Å². The van der Waals surface area contributed by atoms with Crippen LogP contribution in [0.2, 0.25) is 0 Å². The van der Waals surface area contributed by atoms with Gasteiger partial charge in [-0.15, -0.1) is 0 Å². The van der Waals surface area contributed by atoms with Crippen LogP contribution < -0.4 is 10.0 Å². The standard InChI is InChI=1S/C14H22N2OS/c1-4-5-10-15-14(17)16-18-13-8-6-12(7-9-13)11(2)3/h6-9,11H,4-5,10H2,1-3H3,(H2,15,16,17). The Kier molecular flexibility index (Phi) is 6.65. The molecule has 2 N–H and O–H groups in total. The molecule has 0 unspecified atom stereocenters. The minimum atomic E-state index is -0.124. The molecular weight excluding hydrogens is 244 g/mol. The zero-order chi connectivity index (χ0) is 13.4. The van der Waals surface area contributed by atoms with E-state index in [0.717, 1.165) is 24.3 Å². The number of nitrogens with one attached hydrogen (secondary N) is 2. The molecule has 18 heavy (non-hydrogen) atoms. The molecule has 0 aromatic heterocycles. The van der Waals surface area contributed by atoms with E-state index in [0.29, 0.717) is 5.92 Å². The Labute approximate surface area is 114 Å². The number of carbonyl (C=O) groups is 1. The SMILES string of the molecule is CCCCNC(=O)NSc1ccc(C(C)C)cc1. The first-order chi connectivity index (χ1) is 8.63. The van der Waals surface area contributed by atoms with Crippen LogP contribution in [0.4, 0.5) is 4.79 Å². The zero-order valence-electron chi connectivity index (χ0n) is 11.3. The molecule has 4 heteroatoms. The normalized spacial score (nSPS) is 10.4. The van der Waals surface area contributed by atoms with Crippen LogP contribution >= 0.6 is 11.9 Å². The average molecular weight is 266 g/mol. The zero-order valence-corrected chi connectivity index (χ0v) is 12.1. The molecular formula is C14H22N2OS. The lowest BCUT2D eigenvalue weighted by Crippen LogP contribution is -2.31. The molecule has 3 nitrogen and oxygen atoms in total. The summed E-state index contributed by atoms with van der Waals surface area (Å²) in [7, 11) is 0. The maximum absolute atomic E-state index is 11.4. The van der Waals surface area contributed by atoms with Gasteiger partial charge in [0.2, 0.25) is 0 Å². The molecule has 0 aliphatic rings. The number of hydrogen-bond donors (Lipinski definition) is 2. The molecule has 0 heterocycles. The molecule has 0 saturated heterocycles. The Morgan fingerprint density at radius 3 is 2.50 bits per heavy atom. The third-order valence-electron chi connectivity index (χ3n) is 2.62. The molecule has 0 fully saturated rings. The lowest BCUT2D eigenvalue weighted by atomic mass is 10.0. The van der Waals surface area contributed by atoms with E-state index in [2.05, 4.69) is 42.9 Å². The van der Waals surface area contributed by atoms with Crippen LogP contribution in [0.25, 0.3) is 0 Å². The molecule has 0 bridgehead atoms. The topological polar surface area (TPSA) is 41.1 Å². The van der Waals surface area contributed by atoms with E-state index in [-0.39, 0.29) is 6.03 Å². The molecule has 1 aromatic rings. The van der Waals surface area contributed by atoms with Gasteiger partial charge in [-0.1, -0.05) is 39.3 Å². The summed E-state index contributed by atoms with van der Waals surface area (Å²) in [6.07, 6.45) is 2.10. The number of urea groups is 1. The summed E-state index contributed by atoms with van der Waals surface area (Å²) in [5, 5.41) is 2.81. The Hall–Kier alpha value is -1.16. The van der Waals surface area contributed by atoms with Crippen molar-refractivity contribution in [1.82, 2.24) is 10.0 Å². The number of amides is 2. The van der Waals surface area contributed by atoms with Crippen molar-refractivity contribution in [2.75, 3.05) is 6.54 Å². The molecule has 2 amide bonds. The molecule has 0 atom stereocenters. The molecule has 1 rings (SSSR count). The van der Waals surface area contributed by atoms with E-state index in [1.165, 1.54) is 17.5 Å². The van der Waals surface area contributed by atoms with Gasteiger partial charge in [-0.2, -0.15) is 0 Å². The second-order valence-electron chi connectivity index (χ2n) is 4.54. The van der Waals surface area contributed by atoms with Crippen molar-refractivity contribution in [2.45, 2.75) is 44.4 Å². The number of hydrogen-bond acceptors (Lipinski definition) is 2. The number of carbonyl (C=O) groups excluding carboxylic acids is 1. The summed E-state index contributed by atoms with van der Waals surface area (Å²) >= 11 is 1.34. The average Bonchev–Trinajstić information content (AvgIpc) is 2.37. The van der Waals surface area contributed by atoms with Crippen LogP contribution in [0.3, 0.4) is 0 Å². The fourth-order valence-corrected chi connectivity index (χ4v) is 2.00. The van der Waals surface area contributed by atoms with Crippen molar-refractivity contribution < 1.29 is 4.79 Å². The van der Waals surface area contributed by atoms with Crippen molar-refractivity contribution in [1.29, 1.82) is 0 Å². The van der Waals surface area contributed by atoms with Crippen molar-refractivity contribution >= 4 is 18.0 Å². The highest BCUT2D eigenvalue weighted by Crippen LogP contribution is 2.19. The summed E-state index contributed by atoms with van der Waals surface area (Å²) < 4.78 is 2.77. The van der Waals surface area contributed by atoms with E-state index >= 15 is 0 Å². The fraction of sp³-hybridized carbons (Fsp3) is 0.500. The molecule has 100 valence electrons. The smallest absolute Gasteiger partial charge is 0.325 e. The monoisotopic (exact) mass is 266 g/mol.